The van der Waals surface area contributed by atoms with Crippen LogP contribution in [0.3, 0.4) is 0 Å². The fourth-order valence-corrected chi connectivity index (χ4v) is 7.88. The number of carbonyl (C=O) groups is 2. The van der Waals surface area contributed by atoms with Gasteiger partial charge in [-0.1, -0.05) is 13.8 Å². The van der Waals surface area contributed by atoms with Crippen molar-refractivity contribution in [2.75, 3.05) is 40.5 Å². The third-order valence-corrected chi connectivity index (χ3v) is 10.4. The topological polar surface area (TPSA) is 138 Å². The number of hydrogen-bond acceptors (Lipinski definition) is 8. The van der Waals surface area contributed by atoms with Crippen molar-refractivity contribution in [3.63, 3.8) is 0 Å². The van der Waals surface area contributed by atoms with Gasteiger partial charge in [-0.3, -0.25) is 9.59 Å². The van der Waals surface area contributed by atoms with E-state index in [-0.39, 0.29) is 56.4 Å². The number of nitrogens with one attached hydrogen (secondary N) is 1. The Morgan fingerprint density at radius 1 is 1.19 bits per heavy atom. The van der Waals surface area contributed by atoms with Crippen LogP contribution in [0.1, 0.15) is 51.5 Å². The minimum absolute atomic E-state index is 0.0831. The molecule has 4 aliphatic rings. The number of ether oxygens (including phenoxy) is 3. The number of methoxy groups -OCH3 is 2. The Morgan fingerprint density at radius 2 is 1.95 bits per heavy atom. The predicted octanol–water partition coefficient (Wildman–Crippen LogP) is 2.65. The van der Waals surface area contributed by atoms with Crippen LogP contribution in [0.4, 0.5) is 0 Å². The van der Waals surface area contributed by atoms with Gasteiger partial charge < -0.3 is 39.7 Å². The van der Waals surface area contributed by atoms with Crippen molar-refractivity contribution in [2.24, 2.45) is 23.2 Å². The van der Waals surface area contributed by atoms with Gasteiger partial charge in [0.15, 0.2) is 11.5 Å². The average Bonchev–Trinajstić information content (AvgIpc) is 2.99. The first-order valence-electron chi connectivity index (χ1n) is 14.8. The zero-order valence-electron chi connectivity index (χ0n) is 25.0. The first-order valence-corrected chi connectivity index (χ1v) is 15.8. The molecular formula is C31H45IN2O8. The number of rotatable bonds is 13. The summed E-state index contributed by atoms with van der Waals surface area (Å²) in [4.78, 5) is 28.7. The van der Waals surface area contributed by atoms with Crippen LogP contribution in [0.15, 0.2) is 23.8 Å². The summed E-state index contributed by atoms with van der Waals surface area (Å²) in [6, 6.07) is 2.72. The molecule has 4 N–H and O–H groups in total. The summed E-state index contributed by atoms with van der Waals surface area (Å²) in [7, 11) is 3.05. The van der Waals surface area contributed by atoms with Crippen molar-refractivity contribution >= 4 is 34.4 Å². The van der Waals surface area contributed by atoms with Crippen LogP contribution in [0.5, 0.6) is 11.5 Å². The lowest BCUT2D eigenvalue weighted by atomic mass is 9.45. The van der Waals surface area contributed by atoms with Gasteiger partial charge in [0, 0.05) is 32.2 Å². The molecule has 0 aromatic heterocycles. The lowest BCUT2D eigenvalue weighted by Gasteiger charge is -2.61. The molecule has 6 unspecified atom stereocenters. The largest absolute Gasteiger partial charge is 0.493 e. The molecule has 3 saturated carbocycles. The van der Waals surface area contributed by atoms with Gasteiger partial charge in [-0.05, 0) is 88.8 Å². The number of nitrogens with zero attached hydrogens (tertiary/aromatic N) is 1. The molecule has 5 rings (SSSR count). The predicted molar refractivity (Wildman–Crippen MR) is 165 cm³/mol. The standard InChI is InChI=1S/C31H45IN2O8/c1-31(2)21-6-5-19(22(31)15-21)16-34(27(37)7-10-40-3)24-13-20(30(39)33-8-9-35)14-25(28(24)38)42-29-23(32)11-18(17-36)12-26(29)41-4/h11-12,14,19,21-22,24-25,28,35-36,38H,5-10,13,15-17H2,1-4H3,(H,33,39). The first-order chi connectivity index (χ1) is 20.0. The molecule has 0 spiro atoms. The zero-order valence-corrected chi connectivity index (χ0v) is 27.1. The smallest absolute Gasteiger partial charge is 0.247 e. The van der Waals surface area contributed by atoms with E-state index in [0.717, 1.165) is 19.3 Å². The molecule has 0 heterocycles. The van der Waals surface area contributed by atoms with Crippen LogP contribution >= 0.6 is 22.6 Å². The van der Waals surface area contributed by atoms with Gasteiger partial charge in [-0.25, -0.2) is 0 Å². The van der Waals surface area contributed by atoms with Gasteiger partial charge in [0.05, 0.1) is 43.0 Å². The van der Waals surface area contributed by atoms with Gasteiger partial charge in [-0.15, -0.1) is 0 Å². The number of benzene rings is 1. The number of fused-ring (bicyclic) bond motifs is 2. The van der Waals surface area contributed by atoms with Gasteiger partial charge in [0.25, 0.3) is 0 Å². The highest BCUT2D eigenvalue weighted by molar-refractivity contribution is 14.1. The molecule has 42 heavy (non-hydrogen) atoms. The third kappa shape index (κ3) is 6.90. The van der Waals surface area contributed by atoms with E-state index in [1.807, 2.05) is 0 Å². The summed E-state index contributed by atoms with van der Waals surface area (Å²) >= 11 is 2.09. The van der Waals surface area contributed by atoms with Crippen molar-refractivity contribution < 1.29 is 39.1 Å². The monoisotopic (exact) mass is 700 g/mol. The average molecular weight is 701 g/mol. The summed E-state index contributed by atoms with van der Waals surface area (Å²) in [5.74, 6) is 1.77. The van der Waals surface area contributed by atoms with Crippen molar-refractivity contribution in [3.8, 4) is 11.5 Å². The van der Waals surface area contributed by atoms with Crippen LogP contribution in [-0.4, -0.2) is 90.8 Å². The molecule has 1 aromatic rings. The minimum atomic E-state index is -1.13. The number of carbonyl (C=O) groups excluding carboxylic acids is 2. The van der Waals surface area contributed by atoms with Crippen LogP contribution in [-0.2, 0) is 20.9 Å². The molecule has 0 radical (unpaired) electrons. The fraction of sp³-hybridized carbons (Fsp3) is 0.677. The summed E-state index contributed by atoms with van der Waals surface area (Å²) in [5, 5.41) is 33.5. The second kappa shape index (κ2) is 14.2. The number of halogens is 1. The summed E-state index contributed by atoms with van der Waals surface area (Å²) in [5.41, 5.74) is 1.25. The minimum Gasteiger partial charge on any atom is -0.493 e. The van der Waals surface area contributed by atoms with Crippen molar-refractivity contribution in [2.45, 2.75) is 70.8 Å². The maximum atomic E-state index is 13.7. The second-order valence-corrected chi connectivity index (χ2v) is 13.4. The van der Waals surface area contributed by atoms with E-state index < -0.39 is 18.2 Å². The fourth-order valence-electron chi connectivity index (χ4n) is 7.08. The molecule has 11 heteroatoms. The zero-order chi connectivity index (χ0) is 30.6. The van der Waals surface area contributed by atoms with Crippen LogP contribution < -0.4 is 14.8 Å². The van der Waals surface area contributed by atoms with Gasteiger partial charge >= 0.3 is 0 Å². The molecule has 10 nitrogen and oxygen atoms in total. The highest BCUT2D eigenvalue weighted by Gasteiger charge is 2.55. The van der Waals surface area contributed by atoms with E-state index in [0.29, 0.717) is 50.5 Å². The number of amides is 2. The Labute approximate surface area is 261 Å². The van der Waals surface area contributed by atoms with Crippen LogP contribution in [0.2, 0.25) is 0 Å². The summed E-state index contributed by atoms with van der Waals surface area (Å²) in [6.07, 6.45) is 3.14. The molecule has 234 valence electrons. The van der Waals surface area contributed by atoms with Gasteiger partial charge in [0.1, 0.15) is 12.2 Å². The molecule has 6 atom stereocenters. The SMILES string of the molecule is COCCC(=O)N(CC1CCC2CC1C2(C)C)C1CC(C(=O)NCCO)=CC(Oc2c(I)cc(CO)cc2OC)C1O. The van der Waals surface area contributed by atoms with E-state index >= 15 is 0 Å². The Hall–Kier alpha value is -1.93. The lowest BCUT2D eigenvalue weighted by Crippen LogP contribution is -2.59. The van der Waals surface area contributed by atoms with Crippen LogP contribution in [0, 0.1) is 26.7 Å². The van der Waals surface area contributed by atoms with Crippen molar-refractivity contribution in [3.05, 3.63) is 32.9 Å². The molecule has 0 aliphatic heterocycles. The molecule has 3 fully saturated rings. The van der Waals surface area contributed by atoms with E-state index in [1.54, 1.807) is 30.2 Å². The maximum absolute atomic E-state index is 13.7. The molecule has 4 aliphatic carbocycles. The third-order valence-electron chi connectivity index (χ3n) is 9.61. The van der Waals surface area contributed by atoms with E-state index in [2.05, 4.69) is 41.8 Å². The molecule has 2 bridgehead atoms. The van der Waals surface area contributed by atoms with Gasteiger partial charge in [0.2, 0.25) is 11.8 Å². The lowest BCUT2D eigenvalue weighted by molar-refractivity contribution is -0.149. The number of aliphatic hydroxyl groups is 3. The Morgan fingerprint density at radius 3 is 2.57 bits per heavy atom. The Bertz CT molecular complexity index is 1160. The Balaban J connectivity index is 1.68. The molecular weight excluding hydrogens is 655 g/mol. The normalized spacial score (nSPS) is 27.9. The first kappa shape index (κ1) is 33.0. The highest BCUT2D eigenvalue weighted by Crippen LogP contribution is 2.61. The van der Waals surface area contributed by atoms with Crippen molar-refractivity contribution in [1.29, 1.82) is 0 Å². The summed E-state index contributed by atoms with van der Waals surface area (Å²) in [6.45, 7) is 5.09. The quantitative estimate of drug-likeness (QED) is 0.231. The van der Waals surface area contributed by atoms with E-state index in [1.165, 1.54) is 7.11 Å². The Kier molecular flexibility index (Phi) is 11.2. The molecule has 1 aromatic carbocycles. The summed E-state index contributed by atoms with van der Waals surface area (Å²) < 4.78 is 17.8. The van der Waals surface area contributed by atoms with Gasteiger partial charge in [-0.2, -0.15) is 0 Å². The van der Waals surface area contributed by atoms with E-state index in [9.17, 15) is 24.9 Å². The number of hydrogen-bond donors (Lipinski definition) is 4. The molecule has 2 amide bonds. The second-order valence-electron chi connectivity index (χ2n) is 12.3. The molecule has 0 saturated heterocycles. The number of aliphatic hydroxyl groups excluding tert-OH is 3. The van der Waals surface area contributed by atoms with Crippen LogP contribution in [0.25, 0.3) is 0 Å². The highest BCUT2D eigenvalue weighted by atomic mass is 127. The van der Waals surface area contributed by atoms with E-state index in [4.69, 9.17) is 14.2 Å². The maximum Gasteiger partial charge on any atom is 0.247 e. The van der Waals surface area contributed by atoms with Crippen molar-refractivity contribution in [1.82, 2.24) is 10.2 Å².